The van der Waals surface area contributed by atoms with Gasteiger partial charge in [0.15, 0.2) is 0 Å². The van der Waals surface area contributed by atoms with Crippen LogP contribution in [0.2, 0.25) is 0 Å². The Morgan fingerprint density at radius 1 is 1.28 bits per heavy atom. The third-order valence-corrected chi connectivity index (χ3v) is 2.05. The second-order valence-corrected chi connectivity index (χ2v) is 3.74. The Kier molecular flexibility index (Phi) is 5.84. The number of halogens is 3. The predicted octanol–water partition coefficient (Wildman–Crippen LogP) is 2.31. The SMILES string of the molecule is CCCNCc1cnc(OCCC(F)(F)F)cn1. The Balaban J connectivity index is 2.31. The number of nitrogens with one attached hydrogen (secondary N) is 1. The van der Waals surface area contributed by atoms with Gasteiger partial charge in [-0.05, 0) is 13.0 Å². The van der Waals surface area contributed by atoms with E-state index in [9.17, 15) is 13.2 Å². The van der Waals surface area contributed by atoms with E-state index in [1.807, 2.05) is 0 Å². The van der Waals surface area contributed by atoms with Crippen molar-refractivity contribution in [2.75, 3.05) is 13.2 Å². The Morgan fingerprint density at radius 3 is 2.61 bits per heavy atom. The highest BCUT2D eigenvalue weighted by Crippen LogP contribution is 2.19. The van der Waals surface area contributed by atoms with Crippen LogP contribution in [-0.2, 0) is 6.54 Å². The largest absolute Gasteiger partial charge is 0.476 e. The van der Waals surface area contributed by atoms with E-state index in [-0.39, 0.29) is 5.88 Å². The molecule has 18 heavy (non-hydrogen) atoms. The average Bonchev–Trinajstić information content (AvgIpc) is 2.30. The summed E-state index contributed by atoms with van der Waals surface area (Å²) in [5.74, 6) is 0.110. The number of ether oxygens (including phenoxy) is 1. The molecule has 0 atom stereocenters. The lowest BCUT2D eigenvalue weighted by molar-refractivity contribution is -0.139. The van der Waals surface area contributed by atoms with Crippen molar-refractivity contribution in [3.8, 4) is 5.88 Å². The zero-order valence-corrected chi connectivity index (χ0v) is 10.1. The number of rotatable bonds is 7. The first-order valence-electron chi connectivity index (χ1n) is 5.72. The quantitative estimate of drug-likeness (QED) is 0.767. The number of alkyl halides is 3. The molecule has 1 rings (SSSR count). The van der Waals surface area contributed by atoms with Gasteiger partial charge in [0.1, 0.15) is 0 Å². The summed E-state index contributed by atoms with van der Waals surface area (Å²) in [5.41, 5.74) is 0.728. The Morgan fingerprint density at radius 2 is 2.06 bits per heavy atom. The fraction of sp³-hybridized carbons (Fsp3) is 0.636. The van der Waals surface area contributed by atoms with E-state index in [1.54, 1.807) is 0 Å². The van der Waals surface area contributed by atoms with E-state index in [2.05, 4.69) is 22.2 Å². The summed E-state index contributed by atoms with van der Waals surface area (Å²) in [6, 6.07) is 0. The topological polar surface area (TPSA) is 47.0 Å². The molecule has 0 aliphatic heterocycles. The fourth-order valence-corrected chi connectivity index (χ4v) is 1.17. The Hall–Kier alpha value is -1.37. The molecule has 0 unspecified atom stereocenters. The first-order valence-corrected chi connectivity index (χ1v) is 5.72. The third kappa shape index (κ3) is 6.39. The van der Waals surface area contributed by atoms with Gasteiger partial charge in [0.2, 0.25) is 5.88 Å². The molecule has 4 nitrogen and oxygen atoms in total. The summed E-state index contributed by atoms with van der Waals surface area (Å²) in [7, 11) is 0. The monoisotopic (exact) mass is 263 g/mol. The van der Waals surface area contributed by atoms with Crippen LogP contribution in [-0.4, -0.2) is 29.3 Å². The van der Waals surface area contributed by atoms with Crippen LogP contribution in [0.4, 0.5) is 13.2 Å². The molecule has 0 amide bonds. The van der Waals surface area contributed by atoms with Gasteiger partial charge < -0.3 is 10.1 Å². The minimum Gasteiger partial charge on any atom is -0.476 e. The summed E-state index contributed by atoms with van der Waals surface area (Å²) in [5, 5.41) is 3.14. The van der Waals surface area contributed by atoms with Gasteiger partial charge in [-0.25, -0.2) is 4.98 Å². The first-order chi connectivity index (χ1) is 8.51. The number of aromatic nitrogens is 2. The summed E-state index contributed by atoms with van der Waals surface area (Å²) >= 11 is 0. The summed E-state index contributed by atoms with van der Waals surface area (Å²) < 4.78 is 40.5. The molecule has 1 aromatic rings. The van der Waals surface area contributed by atoms with Gasteiger partial charge in [-0.1, -0.05) is 6.92 Å². The molecule has 0 spiro atoms. The molecule has 0 aromatic carbocycles. The Labute approximate surface area is 104 Å². The molecular formula is C11H16F3N3O. The van der Waals surface area contributed by atoms with Crippen molar-refractivity contribution in [2.45, 2.75) is 32.5 Å². The van der Waals surface area contributed by atoms with Gasteiger partial charge in [-0.15, -0.1) is 0 Å². The van der Waals surface area contributed by atoms with Gasteiger partial charge >= 0.3 is 6.18 Å². The van der Waals surface area contributed by atoms with E-state index in [0.717, 1.165) is 18.7 Å². The zero-order chi connectivity index (χ0) is 13.4. The van der Waals surface area contributed by atoms with Crippen molar-refractivity contribution in [3.63, 3.8) is 0 Å². The summed E-state index contributed by atoms with van der Waals surface area (Å²) in [6.45, 7) is 3.08. The molecule has 1 aromatic heterocycles. The van der Waals surface area contributed by atoms with E-state index in [0.29, 0.717) is 6.54 Å². The van der Waals surface area contributed by atoms with E-state index in [4.69, 9.17) is 4.74 Å². The van der Waals surface area contributed by atoms with Crippen molar-refractivity contribution < 1.29 is 17.9 Å². The maximum Gasteiger partial charge on any atom is 0.392 e. The molecule has 1 heterocycles. The lowest BCUT2D eigenvalue weighted by atomic mass is 10.4. The molecule has 0 aliphatic rings. The fourth-order valence-electron chi connectivity index (χ4n) is 1.17. The molecule has 0 saturated heterocycles. The van der Waals surface area contributed by atoms with E-state index >= 15 is 0 Å². The van der Waals surface area contributed by atoms with E-state index < -0.39 is 19.2 Å². The molecule has 0 radical (unpaired) electrons. The van der Waals surface area contributed by atoms with Crippen LogP contribution >= 0.6 is 0 Å². The molecule has 0 fully saturated rings. The highest BCUT2D eigenvalue weighted by molar-refractivity contribution is 5.07. The smallest absolute Gasteiger partial charge is 0.392 e. The van der Waals surface area contributed by atoms with Crippen LogP contribution in [0.15, 0.2) is 12.4 Å². The van der Waals surface area contributed by atoms with Crippen molar-refractivity contribution in [1.82, 2.24) is 15.3 Å². The Bertz CT molecular complexity index is 340. The molecule has 0 bridgehead atoms. The van der Waals surface area contributed by atoms with Gasteiger partial charge in [0, 0.05) is 6.54 Å². The standard InChI is InChI=1S/C11H16F3N3O/c1-2-4-15-6-9-7-17-10(8-16-9)18-5-3-11(12,13)14/h7-8,15H,2-6H2,1H3. The molecule has 102 valence electrons. The number of hydrogen-bond donors (Lipinski definition) is 1. The minimum atomic E-state index is -4.21. The predicted molar refractivity (Wildman–Crippen MR) is 60.2 cm³/mol. The highest BCUT2D eigenvalue weighted by atomic mass is 19.4. The van der Waals surface area contributed by atoms with Crippen molar-refractivity contribution >= 4 is 0 Å². The first kappa shape index (κ1) is 14.7. The zero-order valence-electron chi connectivity index (χ0n) is 10.1. The van der Waals surface area contributed by atoms with Crippen molar-refractivity contribution in [1.29, 1.82) is 0 Å². The van der Waals surface area contributed by atoms with Gasteiger partial charge in [-0.3, -0.25) is 4.98 Å². The highest BCUT2D eigenvalue weighted by Gasteiger charge is 2.26. The lowest BCUT2D eigenvalue weighted by Gasteiger charge is -2.08. The molecule has 1 N–H and O–H groups in total. The maximum atomic E-state index is 11.9. The van der Waals surface area contributed by atoms with Crippen molar-refractivity contribution in [3.05, 3.63) is 18.1 Å². The molecule has 0 saturated carbocycles. The minimum absolute atomic E-state index is 0.110. The van der Waals surface area contributed by atoms with Crippen LogP contribution in [0.1, 0.15) is 25.5 Å². The normalized spacial score (nSPS) is 11.6. The van der Waals surface area contributed by atoms with Gasteiger partial charge in [0.25, 0.3) is 0 Å². The maximum absolute atomic E-state index is 11.9. The molecule has 7 heteroatoms. The van der Waals surface area contributed by atoms with Crippen LogP contribution < -0.4 is 10.1 Å². The number of nitrogens with zero attached hydrogens (tertiary/aromatic N) is 2. The summed E-state index contributed by atoms with van der Waals surface area (Å²) in [4.78, 5) is 7.92. The number of hydrogen-bond acceptors (Lipinski definition) is 4. The van der Waals surface area contributed by atoms with Crippen molar-refractivity contribution in [2.24, 2.45) is 0 Å². The van der Waals surface area contributed by atoms with Crippen LogP contribution in [0.25, 0.3) is 0 Å². The van der Waals surface area contributed by atoms with Crippen LogP contribution in [0, 0.1) is 0 Å². The molecular weight excluding hydrogens is 247 g/mol. The second-order valence-electron chi connectivity index (χ2n) is 3.74. The van der Waals surface area contributed by atoms with Gasteiger partial charge in [0.05, 0.1) is 31.1 Å². The molecule has 0 aliphatic carbocycles. The second kappa shape index (κ2) is 7.15. The average molecular weight is 263 g/mol. The van der Waals surface area contributed by atoms with Crippen LogP contribution in [0.3, 0.4) is 0 Å². The van der Waals surface area contributed by atoms with Gasteiger partial charge in [-0.2, -0.15) is 13.2 Å². The third-order valence-electron chi connectivity index (χ3n) is 2.05. The van der Waals surface area contributed by atoms with E-state index in [1.165, 1.54) is 12.4 Å². The summed E-state index contributed by atoms with van der Waals surface area (Å²) in [6.07, 6.45) is -1.36. The lowest BCUT2D eigenvalue weighted by Crippen LogP contribution is -2.15. The van der Waals surface area contributed by atoms with Crippen LogP contribution in [0.5, 0.6) is 5.88 Å².